The first kappa shape index (κ1) is 39.3. The van der Waals surface area contributed by atoms with E-state index in [0.29, 0.717) is 47.0 Å². The number of benzene rings is 4. The summed E-state index contributed by atoms with van der Waals surface area (Å²) in [5.74, 6) is 1.34. The van der Waals surface area contributed by atoms with Crippen molar-refractivity contribution in [3.05, 3.63) is 118 Å². The van der Waals surface area contributed by atoms with Gasteiger partial charge >= 0.3 is 6.03 Å². The Kier molecular flexibility index (Phi) is 11.8. The van der Waals surface area contributed by atoms with E-state index >= 15 is 4.79 Å². The molecule has 11 heteroatoms. The summed E-state index contributed by atoms with van der Waals surface area (Å²) in [6.07, 6.45) is -0.448. The summed E-state index contributed by atoms with van der Waals surface area (Å²) in [5, 5.41) is 0. The highest BCUT2D eigenvalue weighted by molar-refractivity contribution is 5.94. The molecule has 2 heterocycles. The number of amides is 2. The lowest BCUT2D eigenvalue weighted by Gasteiger charge is -2.37. The molecule has 0 aliphatic carbocycles. The number of hydrogen-bond acceptors (Lipinski definition) is 9. The van der Waals surface area contributed by atoms with Crippen LogP contribution in [-0.4, -0.2) is 85.9 Å². The van der Waals surface area contributed by atoms with Crippen LogP contribution in [0.25, 0.3) is 0 Å². The standard InChI is InChI=1S/C44H50N2O9/c1-27(47)33-13-9-11-29(15-33)25-45-39(21-31-17-35(50-5)23-36(18-31)51-6)41-42(55-44(3,4)54-41)40(22-32-19-37(52-7)24-38(20-32)53-8)46(43(45)49)26-30-12-10-14-34(16-30)28(2)48/h9-20,23-24,39-42H,21-22,25-26H2,1-8H3/t39-,40-,41+,42+/m1/s1. The first-order chi connectivity index (χ1) is 26.3. The van der Waals surface area contributed by atoms with Gasteiger partial charge in [0.1, 0.15) is 35.2 Å². The largest absolute Gasteiger partial charge is 0.497 e. The highest BCUT2D eigenvalue weighted by atomic mass is 16.8. The molecule has 0 saturated carbocycles. The van der Waals surface area contributed by atoms with E-state index in [9.17, 15) is 9.59 Å². The Labute approximate surface area is 323 Å². The third-order valence-electron chi connectivity index (χ3n) is 10.3. The van der Waals surface area contributed by atoms with Gasteiger partial charge < -0.3 is 38.2 Å². The van der Waals surface area contributed by atoms with Crippen LogP contribution in [0.5, 0.6) is 23.0 Å². The average molecular weight is 751 g/mol. The summed E-state index contributed by atoms with van der Waals surface area (Å²) < 4.78 is 36.3. The number of Topliss-reactive ketones (excluding diaryl/α,β-unsaturated/α-hetero) is 2. The molecule has 6 rings (SSSR count). The summed E-state index contributed by atoms with van der Waals surface area (Å²) in [6.45, 7) is 7.20. The van der Waals surface area contributed by atoms with Gasteiger partial charge in [0.2, 0.25) is 0 Å². The third-order valence-corrected chi connectivity index (χ3v) is 10.3. The van der Waals surface area contributed by atoms with Crippen molar-refractivity contribution < 1.29 is 42.8 Å². The van der Waals surface area contributed by atoms with Crippen molar-refractivity contribution >= 4 is 17.6 Å². The highest BCUT2D eigenvalue weighted by Crippen LogP contribution is 2.41. The maximum absolute atomic E-state index is 15.6. The van der Waals surface area contributed by atoms with Crippen LogP contribution < -0.4 is 18.9 Å². The second kappa shape index (κ2) is 16.5. The minimum absolute atomic E-state index is 0.0702. The predicted octanol–water partition coefficient (Wildman–Crippen LogP) is 7.31. The lowest BCUT2D eigenvalue weighted by molar-refractivity contribution is -0.157. The molecule has 55 heavy (non-hydrogen) atoms. The molecule has 4 aromatic carbocycles. The van der Waals surface area contributed by atoms with Crippen molar-refractivity contribution in [1.29, 1.82) is 0 Å². The fourth-order valence-electron chi connectivity index (χ4n) is 7.66. The molecule has 0 N–H and O–H groups in total. The second-order valence-electron chi connectivity index (χ2n) is 14.6. The van der Waals surface area contributed by atoms with Gasteiger partial charge in [0.25, 0.3) is 0 Å². The van der Waals surface area contributed by atoms with Gasteiger partial charge in [0.15, 0.2) is 17.4 Å². The van der Waals surface area contributed by atoms with Crippen molar-refractivity contribution in [3.8, 4) is 23.0 Å². The summed E-state index contributed by atoms with van der Waals surface area (Å²) in [4.78, 5) is 44.3. The summed E-state index contributed by atoms with van der Waals surface area (Å²) in [5.41, 5.74) is 4.43. The van der Waals surface area contributed by atoms with Gasteiger partial charge in [-0.15, -0.1) is 0 Å². The zero-order valence-corrected chi connectivity index (χ0v) is 32.8. The molecule has 0 unspecified atom stereocenters. The first-order valence-corrected chi connectivity index (χ1v) is 18.4. The molecule has 2 aliphatic heterocycles. The first-order valence-electron chi connectivity index (χ1n) is 18.4. The molecule has 11 nitrogen and oxygen atoms in total. The van der Waals surface area contributed by atoms with E-state index in [1.807, 2.05) is 96.4 Å². The summed E-state index contributed by atoms with van der Waals surface area (Å²) in [7, 11) is 6.41. The number of carbonyl (C=O) groups excluding carboxylic acids is 3. The summed E-state index contributed by atoms with van der Waals surface area (Å²) in [6, 6.07) is 24.7. The van der Waals surface area contributed by atoms with E-state index < -0.39 is 30.1 Å². The molecule has 290 valence electrons. The van der Waals surface area contributed by atoms with Gasteiger partial charge in [-0.3, -0.25) is 9.59 Å². The van der Waals surface area contributed by atoms with E-state index in [2.05, 4.69) is 0 Å². The van der Waals surface area contributed by atoms with Crippen LogP contribution in [0.2, 0.25) is 0 Å². The molecule has 2 saturated heterocycles. The van der Waals surface area contributed by atoms with Crippen molar-refractivity contribution in [2.75, 3.05) is 28.4 Å². The maximum atomic E-state index is 15.6. The van der Waals surface area contributed by atoms with Gasteiger partial charge in [-0.25, -0.2) is 4.79 Å². The van der Waals surface area contributed by atoms with E-state index in [4.69, 9.17) is 28.4 Å². The van der Waals surface area contributed by atoms with Crippen LogP contribution in [0, 0.1) is 0 Å². The smallest absolute Gasteiger partial charge is 0.321 e. The van der Waals surface area contributed by atoms with Crippen molar-refractivity contribution in [1.82, 2.24) is 9.80 Å². The number of hydrogen-bond donors (Lipinski definition) is 0. The Morgan fingerprint density at radius 2 is 0.945 bits per heavy atom. The van der Waals surface area contributed by atoms with Gasteiger partial charge in [0.05, 0.1) is 40.5 Å². The van der Waals surface area contributed by atoms with Gasteiger partial charge in [0, 0.05) is 36.3 Å². The third kappa shape index (κ3) is 8.95. The van der Waals surface area contributed by atoms with Crippen LogP contribution in [0.4, 0.5) is 4.79 Å². The van der Waals surface area contributed by atoms with E-state index in [-0.39, 0.29) is 30.7 Å². The molecular weight excluding hydrogens is 700 g/mol. The number of methoxy groups -OCH3 is 4. The van der Waals surface area contributed by atoms with Crippen LogP contribution in [0.1, 0.15) is 70.7 Å². The SMILES string of the molecule is COc1cc(C[C@@H]2[C@@H]3OC(C)(C)O[C@H]3[C@@H](Cc3cc(OC)cc(OC)c3)N(Cc3cccc(C(C)=O)c3)C(=O)N2Cc2cccc(C(C)=O)c2)cc(OC)c1. The minimum atomic E-state index is -0.995. The minimum Gasteiger partial charge on any atom is -0.497 e. The molecule has 4 aromatic rings. The predicted molar refractivity (Wildman–Crippen MR) is 207 cm³/mol. The zero-order valence-electron chi connectivity index (χ0n) is 32.8. The van der Waals surface area contributed by atoms with Crippen LogP contribution in [-0.2, 0) is 35.4 Å². The molecule has 2 aliphatic rings. The normalized spacial score (nSPS) is 20.4. The monoisotopic (exact) mass is 750 g/mol. The number of carbonyl (C=O) groups is 3. The quantitative estimate of drug-likeness (QED) is 0.123. The molecule has 0 spiro atoms. The topological polar surface area (TPSA) is 113 Å². The molecule has 4 atom stereocenters. The van der Waals surface area contributed by atoms with Crippen molar-refractivity contribution in [2.45, 2.75) is 83.7 Å². The number of ether oxygens (including phenoxy) is 6. The molecular formula is C44H50N2O9. The lowest BCUT2D eigenvalue weighted by Crippen LogP contribution is -2.51. The van der Waals surface area contributed by atoms with Crippen molar-refractivity contribution in [3.63, 3.8) is 0 Å². The molecule has 0 aromatic heterocycles. The Morgan fingerprint density at radius 1 is 0.582 bits per heavy atom. The molecule has 0 radical (unpaired) electrons. The number of nitrogens with zero attached hydrogens (tertiary/aromatic N) is 2. The van der Waals surface area contributed by atoms with Crippen LogP contribution in [0.3, 0.4) is 0 Å². The zero-order chi connectivity index (χ0) is 39.4. The highest BCUT2D eigenvalue weighted by Gasteiger charge is 2.55. The van der Waals surface area contributed by atoms with Crippen molar-refractivity contribution in [2.24, 2.45) is 0 Å². The molecule has 2 amide bonds. The van der Waals surface area contributed by atoms with E-state index in [1.54, 1.807) is 40.6 Å². The number of fused-ring (bicyclic) bond motifs is 1. The second-order valence-corrected chi connectivity index (χ2v) is 14.6. The van der Waals surface area contributed by atoms with Gasteiger partial charge in [-0.2, -0.15) is 0 Å². The average Bonchev–Trinajstić information content (AvgIpc) is 3.48. The van der Waals surface area contributed by atoms with E-state index in [1.165, 1.54) is 13.8 Å². The maximum Gasteiger partial charge on any atom is 0.321 e. The fraction of sp³-hybridized carbons (Fsp3) is 0.386. The van der Waals surface area contributed by atoms with Gasteiger partial charge in [-0.05, 0) is 99.2 Å². The molecule has 0 bridgehead atoms. The number of urea groups is 1. The lowest BCUT2D eigenvalue weighted by atomic mass is 9.90. The Hall–Kier alpha value is -5.39. The fourth-order valence-corrected chi connectivity index (χ4v) is 7.66. The van der Waals surface area contributed by atoms with Gasteiger partial charge in [-0.1, -0.05) is 36.4 Å². The Morgan fingerprint density at radius 3 is 1.27 bits per heavy atom. The van der Waals surface area contributed by atoms with Crippen LogP contribution >= 0.6 is 0 Å². The Bertz CT molecular complexity index is 1860. The Balaban J connectivity index is 1.55. The number of ketones is 2. The van der Waals surface area contributed by atoms with E-state index in [0.717, 1.165) is 22.3 Å². The number of rotatable bonds is 14. The van der Waals surface area contributed by atoms with Crippen LogP contribution in [0.15, 0.2) is 84.9 Å². The molecule has 2 fully saturated rings. The summed E-state index contributed by atoms with van der Waals surface area (Å²) >= 11 is 0.